The topological polar surface area (TPSA) is 79.0 Å². The van der Waals surface area contributed by atoms with Gasteiger partial charge >= 0.3 is 0 Å². The molecule has 7 nitrogen and oxygen atoms in total. The molecule has 3 amide bonds. The Morgan fingerprint density at radius 3 is 2.50 bits per heavy atom. The van der Waals surface area contributed by atoms with Gasteiger partial charge in [-0.25, -0.2) is 0 Å². The number of hydrogen-bond donors (Lipinski definition) is 1. The summed E-state index contributed by atoms with van der Waals surface area (Å²) in [5.41, 5.74) is 0.894. The minimum atomic E-state index is -0.347. The zero-order valence-electron chi connectivity index (χ0n) is 15.8. The second-order valence-corrected chi connectivity index (χ2v) is 6.70. The molecular weight excluding hydrogens is 334 g/mol. The van der Waals surface area contributed by atoms with Crippen LogP contribution in [0.25, 0.3) is 0 Å². The summed E-state index contributed by atoms with van der Waals surface area (Å²) in [6.07, 6.45) is 1.10. The van der Waals surface area contributed by atoms with E-state index in [1.54, 1.807) is 33.2 Å². The van der Waals surface area contributed by atoms with Crippen molar-refractivity contribution >= 4 is 17.7 Å². The molecule has 0 aromatic heterocycles. The molecule has 0 bridgehead atoms. The van der Waals surface area contributed by atoms with Crippen molar-refractivity contribution in [2.45, 2.75) is 25.3 Å². The highest BCUT2D eigenvalue weighted by atomic mass is 16.5. The largest absolute Gasteiger partial charge is 0.497 e. The predicted octanol–water partition coefficient (Wildman–Crippen LogP) is 1.20. The molecule has 1 saturated heterocycles. The van der Waals surface area contributed by atoms with E-state index >= 15 is 0 Å². The van der Waals surface area contributed by atoms with Crippen molar-refractivity contribution in [1.82, 2.24) is 15.1 Å². The monoisotopic (exact) mass is 361 g/mol. The Labute approximate surface area is 154 Å². The van der Waals surface area contributed by atoms with Crippen LogP contribution in [0.15, 0.2) is 24.3 Å². The third-order valence-electron chi connectivity index (χ3n) is 4.79. The highest BCUT2D eigenvalue weighted by Crippen LogP contribution is 2.36. The Hall–Kier alpha value is -2.57. The van der Waals surface area contributed by atoms with E-state index in [1.165, 1.54) is 4.90 Å². The summed E-state index contributed by atoms with van der Waals surface area (Å²) >= 11 is 0. The first-order chi connectivity index (χ1) is 12.3. The van der Waals surface area contributed by atoms with E-state index in [9.17, 15) is 14.4 Å². The standard InChI is InChI=1S/C19H27N3O4/c1-21(2)16(23)11-12-20-19(25)15-9-10-17(24)22(3)18(15)13-5-7-14(26-4)8-6-13/h5-8,15,18H,9-12H2,1-4H3,(H,20,25). The number of nitrogens with one attached hydrogen (secondary N) is 1. The number of carbonyl (C=O) groups excluding carboxylic acids is 3. The number of likely N-dealkylation sites (tertiary alicyclic amines) is 1. The fourth-order valence-electron chi connectivity index (χ4n) is 3.22. The molecule has 26 heavy (non-hydrogen) atoms. The van der Waals surface area contributed by atoms with Gasteiger partial charge < -0.3 is 19.9 Å². The zero-order valence-corrected chi connectivity index (χ0v) is 15.8. The fourth-order valence-corrected chi connectivity index (χ4v) is 3.22. The van der Waals surface area contributed by atoms with Crippen molar-refractivity contribution in [3.63, 3.8) is 0 Å². The zero-order chi connectivity index (χ0) is 19.3. The smallest absolute Gasteiger partial charge is 0.225 e. The second kappa shape index (κ2) is 8.69. The molecule has 7 heteroatoms. The number of piperidine rings is 1. The summed E-state index contributed by atoms with van der Waals surface area (Å²) in [5.74, 6) is 0.240. The van der Waals surface area contributed by atoms with E-state index in [4.69, 9.17) is 4.74 Å². The SMILES string of the molecule is COc1ccc(C2C(C(=O)NCCC(=O)N(C)C)CCC(=O)N2C)cc1. The van der Waals surface area contributed by atoms with Crippen molar-refractivity contribution < 1.29 is 19.1 Å². The number of rotatable bonds is 6. The third kappa shape index (κ3) is 4.53. The van der Waals surface area contributed by atoms with Crippen molar-refractivity contribution in [1.29, 1.82) is 0 Å². The van der Waals surface area contributed by atoms with Gasteiger partial charge in [0.1, 0.15) is 5.75 Å². The van der Waals surface area contributed by atoms with Crippen LogP contribution < -0.4 is 10.1 Å². The minimum Gasteiger partial charge on any atom is -0.497 e. The van der Waals surface area contributed by atoms with E-state index in [1.807, 2.05) is 24.3 Å². The van der Waals surface area contributed by atoms with E-state index in [0.29, 0.717) is 19.4 Å². The first-order valence-electron chi connectivity index (χ1n) is 8.72. The molecule has 0 saturated carbocycles. The van der Waals surface area contributed by atoms with Crippen LogP contribution in [0.3, 0.4) is 0 Å². The van der Waals surface area contributed by atoms with Crippen LogP contribution in [0.1, 0.15) is 30.9 Å². The molecule has 2 rings (SSSR count). The first-order valence-corrected chi connectivity index (χ1v) is 8.72. The number of nitrogens with zero attached hydrogens (tertiary/aromatic N) is 2. The van der Waals surface area contributed by atoms with E-state index in [-0.39, 0.29) is 36.1 Å². The lowest BCUT2D eigenvalue weighted by Gasteiger charge is -2.38. The quantitative estimate of drug-likeness (QED) is 0.826. The van der Waals surface area contributed by atoms with Gasteiger partial charge in [0.25, 0.3) is 0 Å². The van der Waals surface area contributed by atoms with Crippen LogP contribution in [0.2, 0.25) is 0 Å². The van der Waals surface area contributed by atoms with Crippen molar-refractivity contribution in [2.75, 3.05) is 34.8 Å². The number of methoxy groups -OCH3 is 1. The number of carbonyl (C=O) groups is 3. The highest BCUT2D eigenvalue weighted by Gasteiger charge is 2.38. The van der Waals surface area contributed by atoms with Gasteiger partial charge in [-0.15, -0.1) is 0 Å². The summed E-state index contributed by atoms with van der Waals surface area (Å²) in [6, 6.07) is 7.09. The summed E-state index contributed by atoms with van der Waals surface area (Å²) in [5, 5.41) is 2.85. The Kier molecular flexibility index (Phi) is 6.60. The highest BCUT2D eigenvalue weighted by molar-refractivity contribution is 5.85. The lowest BCUT2D eigenvalue weighted by Crippen LogP contribution is -2.46. The van der Waals surface area contributed by atoms with Gasteiger partial charge in [0, 0.05) is 40.5 Å². The van der Waals surface area contributed by atoms with Gasteiger partial charge in [-0.1, -0.05) is 12.1 Å². The van der Waals surface area contributed by atoms with Crippen LogP contribution in [0, 0.1) is 5.92 Å². The molecule has 0 radical (unpaired) electrons. The number of benzene rings is 1. The Morgan fingerprint density at radius 1 is 1.27 bits per heavy atom. The summed E-state index contributed by atoms with van der Waals surface area (Å²) in [4.78, 5) is 39.7. The molecule has 0 aliphatic carbocycles. The molecule has 1 aliphatic rings. The van der Waals surface area contributed by atoms with Crippen LogP contribution >= 0.6 is 0 Å². The molecule has 1 aromatic rings. The summed E-state index contributed by atoms with van der Waals surface area (Å²) < 4.78 is 5.18. The van der Waals surface area contributed by atoms with Gasteiger partial charge in [0.15, 0.2) is 0 Å². The maximum Gasteiger partial charge on any atom is 0.225 e. The molecule has 2 atom stereocenters. The normalized spacial score (nSPS) is 19.8. The molecule has 1 fully saturated rings. The lowest BCUT2D eigenvalue weighted by atomic mass is 9.84. The van der Waals surface area contributed by atoms with Gasteiger partial charge in [0.2, 0.25) is 17.7 Å². The first kappa shape index (κ1) is 19.8. The lowest BCUT2D eigenvalue weighted by molar-refractivity contribution is -0.141. The molecule has 1 heterocycles. The maximum atomic E-state index is 12.7. The molecule has 0 spiro atoms. The van der Waals surface area contributed by atoms with Crippen LogP contribution in [-0.2, 0) is 14.4 Å². The third-order valence-corrected chi connectivity index (χ3v) is 4.79. The van der Waals surface area contributed by atoms with Gasteiger partial charge in [-0.3, -0.25) is 14.4 Å². The van der Waals surface area contributed by atoms with Crippen molar-refractivity contribution in [2.24, 2.45) is 5.92 Å². The van der Waals surface area contributed by atoms with Gasteiger partial charge in [0.05, 0.1) is 19.1 Å². The number of hydrogen-bond acceptors (Lipinski definition) is 4. The van der Waals surface area contributed by atoms with Crippen molar-refractivity contribution in [3.8, 4) is 5.75 Å². The molecule has 2 unspecified atom stereocenters. The average molecular weight is 361 g/mol. The molecule has 142 valence electrons. The Morgan fingerprint density at radius 2 is 1.92 bits per heavy atom. The molecular formula is C19H27N3O4. The Balaban J connectivity index is 2.11. The average Bonchev–Trinajstić information content (AvgIpc) is 2.63. The minimum absolute atomic E-state index is 0.0256. The van der Waals surface area contributed by atoms with Gasteiger partial charge in [-0.2, -0.15) is 0 Å². The van der Waals surface area contributed by atoms with Crippen molar-refractivity contribution in [3.05, 3.63) is 29.8 Å². The van der Waals surface area contributed by atoms with E-state index < -0.39 is 0 Å². The number of amides is 3. The van der Waals surface area contributed by atoms with Gasteiger partial charge in [-0.05, 0) is 24.1 Å². The molecule has 1 aromatic carbocycles. The molecule has 1 N–H and O–H groups in total. The summed E-state index contributed by atoms with van der Waals surface area (Å²) in [7, 11) is 6.69. The fraction of sp³-hybridized carbons (Fsp3) is 0.526. The predicted molar refractivity (Wildman–Crippen MR) is 97.5 cm³/mol. The summed E-state index contributed by atoms with van der Waals surface area (Å²) in [6.45, 7) is 0.291. The number of ether oxygens (including phenoxy) is 1. The van der Waals surface area contributed by atoms with Crippen LogP contribution in [0.4, 0.5) is 0 Å². The second-order valence-electron chi connectivity index (χ2n) is 6.70. The van der Waals surface area contributed by atoms with Crippen LogP contribution in [0.5, 0.6) is 5.75 Å². The Bertz CT molecular complexity index is 657. The molecule has 1 aliphatic heterocycles. The van der Waals surface area contributed by atoms with E-state index in [0.717, 1.165) is 11.3 Å². The van der Waals surface area contributed by atoms with E-state index in [2.05, 4.69) is 5.32 Å². The van der Waals surface area contributed by atoms with Crippen LogP contribution in [-0.4, -0.2) is 62.3 Å². The maximum absolute atomic E-state index is 12.7.